The van der Waals surface area contributed by atoms with E-state index in [1.807, 2.05) is 0 Å². The highest BCUT2D eigenvalue weighted by Gasteiger charge is 2.45. The molecule has 1 N–H and O–H groups in total. The number of hydrazone groups is 1. The summed E-state index contributed by atoms with van der Waals surface area (Å²) in [6.45, 7) is 12.4. The molecule has 10 nitrogen and oxygen atoms in total. The van der Waals surface area contributed by atoms with E-state index in [2.05, 4.69) is 40.6 Å². The Balaban J connectivity index is 1.92. The van der Waals surface area contributed by atoms with Gasteiger partial charge in [0.25, 0.3) is 5.69 Å². The lowest BCUT2D eigenvalue weighted by Gasteiger charge is -2.52. The van der Waals surface area contributed by atoms with Crippen molar-refractivity contribution in [2.45, 2.75) is 25.9 Å². The quantitative estimate of drug-likeness (QED) is 0.224. The van der Waals surface area contributed by atoms with Gasteiger partial charge in [-0.05, 0) is 18.3 Å². The van der Waals surface area contributed by atoms with Crippen LogP contribution in [0.15, 0.2) is 34.1 Å². The van der Waals surface area contributed by atoms with Crippen LogP contribution in [-0.4, -0.2) is 83.4 Å². The Kier molecular flexibility index (Phi) is 8.49. The maximum atomic E-state index is 11.2. The number of nitro groups is 1. The summed E-state index contributed by atoms with van der Waals surface area (Å²) >= 11 is 5.60. The number of rotatable bonds is 5. The number of nitrogens with zero attached hydrogens (tertiary/aromatic N) is 5. The number of hydrogen-bond acceptors (Lipinski definition) is 6. The number of nitrogens with one attached hydrogen (secondary N) is 1. The van der Waals surface area contributed by atoms with Crippen molar-refractivity contribution in [2.75, 3.05) is 52.6 Å². The summed E-state index contributed by atoms with van der Waals surface area (Å²) in [7, 11) is -2.28. The molecule has 176 valence electrons. The lowest BCUT2D eigenvalue weighted by Crippen LogP contribution is -2.48. The standard InChI is InChI=1S/C20H31N6O4PS/c1-20(2,3)31(24-8-12-29-13-9-24,25-10-14-30-15-11-25)23-19(32)22-21-16-17-6-4-5-7-18(17)26(27)28/h4-7,16H,8-15H2,1-3H3,(H,22,32). The molecule has 1 aromatic carbocycles. The van der Waals surface area contributed by atoms with Crippen LogP contribution in [0.2, 0.25) is 0 Å². The molecular formula is C20H31N6O4PS. The first-order chi connectivity index (χ1) is 15.3. The fourth-order valence-electron chi connectivity index (χ4n) is 4.04. The molecular weight excluding hydrogens is 451 g/mol. The molecule has 3 rings (SSSR count). The van der Waals surface area contributed by atoms with Crippen LogP contribution in [0.4, 0.5) is 5.69 Å². The van der Waals surface area contributed by atoms with E-state index in [1.165, 1.54) is 12.3 Å². The average Bonchev–Trinajstić information content (AvgIpc) is 2.78. The topological polar surface area (TPSA) is 105 Å². The molecule has 2 aliphatic heterocycles. The van der Waals surface area contributed by atoms with E-state index in [0.717, 1.165) is 26.2 Å². The van der Waals surface area contributed by atoms with E-state index in [4.69, 9.17) is 26.4 Å². The maximum absolute atomic E-state index is 11.2. The molecule has 2 saturated heterocycles. The van der Waals surface area contributed by atoms with Gasteiger partial charge >= 0.3 is 0 Å². The molecule has 0 aliphatic carbocycles. The molecule has 1 aromatic rings. The second-order valence-corrected chi connectivity index (χ2v) is 12.7. The number of morpholine rings is 2. The normalized spacial score (nSPS) is 19.1. The molecule has 32 heavy (non-hydrogen) atoms. The van der Waals surface area contributed by atoms with Gasteiger partial charge in [-0.2, -0.15) is 5.10 Å². The van der Waals surface area contributed by atoms with E-state index in [0.29, 0.717) is 32.0 Å². The van der Waals surface area contributed by atoms with Gasteiger partial charge in [0, 0.05) is 37.4 Å². The fraction of sp³-hybridized carbons (Fsp3) is 0.600. The van der Waals surface area contributed by atoms with Gasteiger partial charge in [-0.15, -0.1) is 0 Å². The number of ether oxygens (including phenoxy) is 2. The highest BCUT2D eigenvalue weighted by molar-refractivity contribution is 7.81. The summed E-state index contributed by atoms with van der Waals surface area (Å²) in [5.74, 6) is 0. The van der Waals surface area contributed by atoms with Gasteiger partial charge in [0.15, 0.2) is 0 Å². The second kappa shape index (κ2) is 10.9. The molecule has 2 aliphatic rings. The largest absolute Gasteiger partial charge is 0.379 e. The Labute approximate surface area is 194 Å². The van der Waals surface area contributed by atoms with Gasteiger partial charge in [-0.1, -0.05) is 32.9 Å². The molecule has 0 saturated carbocycles. The third kappa shape index (κ3) is 5.59. The Hall–Kier alpha value is -1.75. The van der Waals surface area contributed by atoms with Crippen LogP contribution in [0.25, 0.3) is 0 Å². The third-order valence-electron chi connectivity index (χ3n) is 5.39. The summed E-state index contributed by atoms with van der Waals surface area (Å²) in [5.41, 5.74) is 3.21. The van der Waals surface area contributed by atoms with E-state index in [-0.39, 0.29) is 16.0 Å². The lowest BCUT2D eigenvalue weighted by molar-refractivity contribution is -0.385. The Morgan fingerprint density at radius 3 is 2.16 bits per heavy atom. The van der Waals surface area contributed by atoms with Gasteiger partial charge in [0.2, 0.25) is 5.11 Å². The molecule has 0 spiro atoms. The summed E-state index contributed by atoms with van der Waals surface area (Å²) in [5, 5.41) is 15.5. The summed E-state index contributed by atoms with van der Waals surface area (Å²) in [4.78, 5) is 10.8. The smallest absolute Gasteiger partial charge is 0.278 e. The molecule has 0 radical (unpaired) electrons. The lowest BCUT2D eigenvalue weighted by atomic mass is 10.2. The number of nitro benzene ring substituents is 1. The minimum atomic E-state index is -2.28. The average molecular weight is 483 g/mol. The minimum Gasteiger partial charge on any atom is -0.379 e. The maximum Gasteiger partial charge on any atom is 0.278 e. The summed E-state index contributed by atoms with van der Waals surface area (Å²) in [6, 6.07) is 6.42. The van der Waals surface area contributed by atoms with Crippen LogP contribution in [0.5, 0.6) is 0 Å². The van der Waals surface area contributed by atoms with Gasteiger partial charge in [0.05, 0.1) is 43.1 Å². The monoisotopic (exact) mass is 482 g/mol. The van der Waals surface area contributed by atoms with Crippen LogP contribution < -0.4 is 5.43 Å². The van der Waals surface area contributed by atoms with Crippen LogP contribution in [0, 0.1) is 10.1 Å². The van der Waals surface area contributed by atoms with Crippen LogP contribution in [0.1, 0.15) is 26.3 Å². The van der Waals surface area contributed by atoms with Crippen LogP contribution in [-0.2, 0) is 9.47 Å². The number of hydrogen-bond donors (Lipinski definition) is 1. The molecule has 2 heterocycles. The van der Waals surface area contributed by atoms with Crippen molar-refractivity contribution in [3.8, 4) is 0 Å². The molecule has 0 unspecified atom stereocenters. The zero-order valence-corrected chi connectivity index (χ0v) is 20.5. The Morgan fingerprint density at radius 1 is 1.12 bits per heavy atom. The Morgan fingerprint density at radius 2 is 1.66 bits per heavy atom. The number of para-hydroxylation sites is 1. The van der Waals surface area contributed by atoms with Crippen LogP contribution >= 0.6 is 19.6 Å². The highest BCUT2D eigenvalue weighted by Crippen LogP contribution is 2.66. The van der Waals surface area contributed by atoms with E-state index < -0.39 is 12.3 Å². The zero-order chi connectivity index (χ0) is 23.2. The van der Waals surface area contributed by atoms with Crippen molar-refractivity contribution >= 4 is 36.6 Å². The molecule has 0 bridgehead atoms. The van der Waals surface area contributed by atoms with E-state index in [1.54, 1.807) is 18.2 Å². The van der Waals surface area contributed by atoms with Gasteiger partial charge in [-0.25, -0.2) is 4.74 Å². The minimum absolute atomic E-state index is 0.0147. The summed E-state index contributed by atoms with van der Waals surface area (Å²) in [6.07, 6.45) is 1.40. The van der Waals surface area contributed by atoms with Crippen molar-refractivity contribution in [1.82, 2.24) is 14.8 Å². The van der Waals surface area contributed by atoms with Gasteiger partial charge < -0.3 is 9.47 Å². The zero-order valence-electron chi connectivity index (χ0n) is 18.8. The van der Waals surface area contributed by atoms with Crippen molar-refractivity contribution in [2.24, 2.45) is 9.85 Å². The molecule has 0 atom stereocenters. The predicted octanol–water partition coefficient (Wildman–Crippen LogP) is 3.30. The van der Waals surface area contributed by atoms with E-state index in [9.17, 15) is 10.1 Å². The fourth-order valence-corrected chi connectivity index (χ4v) is 8.78. The summed E-state index contributed by atoms with van der Waals surface area (Å²) < 4.78 is 21.2. The molecule has 2 fully saturated rings. The van der Waals surface area contributed by atoms with E-state index >= 15 is 0 Å². The second-order valence-electron chi connectivity index (χ2n) is 8.46. The SMILES string of the molecule is CC(C)(C)P(=NC(=S)NN=Cc1ccccc1[N+](=O)[O-])(N1CCOCC1)N1CCOCC1. The molecule has 12 heteroatoms. The molecule has 0 amide bonds. The number of benzene rings is 1. The van der Waals surface area contributed by atoms with Crippen molar-refractivity contribution < 1.29 is 14.4 Å². The van der Waals surface area contributed by atoms with Crippen LogP contribution in [0.3, 0.4) is 0 Å². The third-order valence-corrected chi connectivity index (χ3v) is 10.4. The van der Waals surface area contributed by atoms with Gasteiger partial charge in [0.1, 0.15) is 7.36 Å². The Bertz CT molecular complexity index is 886. The first-order valence-electron chi connectivity index (χ1n) is 10.6. The van der Waals surface area contributed by atoms with Crippen molar-refractivity contribution in [3.63, 3.8) is 0 Å². The first kappa shape index (κ1) is 24.9. The predicted molar refractivity (Wildman–Crippen MR) is 130 cm³/mol. The number of thiocarbonyl (C=S) groups is 1. The highest BCUT2D eigenvalue weighted by atomic mass is 32.1. The van der Waals surface area contributed by atoms with Gasteiger partial charge in [-0.3, -0.25) is 24.9 Å². The molecule has 0 aromatic heterocycles. The first-order valence-corrected chi connectivity index (χ1v) is 12.7. The van der Waals surface area contributed by atoms with Crippen molar-refractivity contribution in [1.29, 1.82) is 0 Å². The van der Waals surface area contributed by atoms with Crippen molar-refractivity contribution in [3.05, 3.63) is 39.9 Å².